The second-order valence-electron chi connectivity index (χ2n) is 12.7. The number of pyridine rings is 1. The first-order valence-corrected chi connectivity index (χ1v) is 18.2. The second-order valence-corrected chi connectivity index (χ2v) is 18.3. The largest absolute Gasteiger partial charge is 0.465 e. The van der Waals surface area contributed by atoms with Crippen LogP contribution >= 0.6 is 15.9 Å². The highest BCUT2D eigenvalue weighted by Crippen LogP contribution is 2.44. The number of benzene rings is 2. The monoisotopic (exact) mass is 651 g/mol. The quantitative estimate of drug-likeness (QED) is 0.188. The molecule has 3 aromatic rings. The number of carbonyl (C=O) groups excluding carboxylic acids is 1. The molecule has 9 heteroatoms. The molecule has 1 N–H and O–H groups in total. The van der Waals surface area contributed by atoms with Crippen LogP contribution in [-0.4, -0.2) is 59.3 Å². The summed E-state index contributed by atoms with van der Waals surface area (Å²) < 4.78 is 7.68. The molecule has 1 saturated heterocycles. The Bertz CT molecular complexity index is 1380. The van der Waals surface area contributed by atoms with E-state index in [0.29, 0.717) is 18.5 Å². The smallest absolute Gasteiger partial charge is 0.407 e. The van der Waals surface area contributed by atoms with Crippen LogP contribution in [0.4, 0.5) is 4.79 Å². The molecule has 0 spiro atoms. The normalized spacial score (nSPS) is 18.1. The van der Waals surface area contributed by atoms with Gasteiger partial charge in [0.05, 0.1) is 24.4 Å². The Morgan fingerprint density at radius 2 is 1.71 bits per heavy atom. The minimum Gasteiger partial charge on any atom is -0.465 e. The lowest BCUT2D eigenvalue weighted by Gasteiger charge is -2.42. The maximum absolute atomic E-state index is 13.1. The van der Waals surface area contributed by atoms with Crippen LogP contribution in [0.2, 0.25) is 18.1 Å². The molecule has 0 saturated carbocycles. The fraction of sp³-hybridized carbons (Fsp3) is 0.424. The number of aromatic nitrogens is 1. The second kappa shape index (κ2) is 13.1. The van der Waals surface area contributed by atoms with Gasteiger partial charge in [-0.2, -0.15) is 0 Å². The number of rotatable bonds is 9. The van der Waals surface area contributed by atoms with Crippen molar-refractivity contribution in [2.75, 3.05) is 7.05 Å². The van der Waals surface area contributed by atoms with Crippen LogP contribution in [0.5, 0.6) is 0 Å². The molecule has 2 heterocycles. The summed E-state index contributed by atoms with van der Waals surface area (Å²) in [6.07, 6.45) is 0.817. The zero-order valence-electron chi connectivity index (χ0n) is 25.4. The number of carbonyl (C=O) groups is 2. The Kier molecular flexibility index (Phi) is 9.95. The van der Waals surface area contributed by atoms with Gasteiger partial charge in [-0.1, -0.05) is 69.3 Å². The summed E-state index contributed by atoms with van der Waals surface area (Å²) in [7, 11) is -0.434. The van der Waals surface area contributed by atoms with Crippen molar-refractivity contribution in [1.82, 2.24) is 14.8 Å². The van der Waals surface area contributed by atoms with Crippen molar-refractivity contribution in [2.24, 2.45) is 0 Å². The molecule has 2 amide bonds. The van der Waals surface area contributed by atoms with Crippen LogP contribution in [-0.2, 0) is 17.4 Å². The van der Waals surface area contributed by atoms with Crippen LogP contribution in [0.25, 0.3) is 0 Å². The first-order chi connectivity index (χ1) is 19.8. The standard InChI is InChI=1S/C33H42BrN3O4Si/c1-33(2,3)42(5,6)41-30(24-11-8-7-9-12-24)28-20-19-27(37(28)32(39)40)21-23-15-17-25(18-16-23)31(38)36(4)22-26-13-10-14-29(34)35-26/h7-18,27-28,30H,19-22H2,1-6H3,(H,39,40)/t27-,28+,30?/m1/s1. The molecule has 1 aliphatic rings. The molecule has 42 heavy (non-hydrogen) atoms. The van der Waals surface area contributed by atoms with E-state index in [-0.39, 0.29) is 29.1 Å². The third-order valence-electron chi connectivity index (χ3n) is 8.66. The fourth-order valence-corrected chi connectivity index (χ4v) is 7.00. The summed E-state index contributed by atoms with van der Waals surface area (Å²) >= 11 is 3.37. The van der Waals surface area contributed by atoms with Crippen LogP contribution in [0.1, 0.15) is 66.9 Å². The summed E-state index contributed by atoms with van der Waals surface area (Å²) in [6.45, 7) is 11.5. The maximum Gasteiger partial charge on any atom is 0.407 e. The van der Waals surface area contributed by atoms with Crippen molar-refractivity contribution in [3.8, 4) is 0 Å². The van der Waals surface area contributed by atoms with Crippen LogP contribution < -0.4 is 0 Å². The van der Waals surface area contributed by atoms with Crippen LogP contribution in [0, 0.1) is 0 Å². The van der Waals surface area contributed by atoms with Crippen molar-refractivity contribution < 1.29 is 19.1 Å². The van der Waals surface area contributed by atoms with E-state index in [4.69, 9.17) is 4.43 Å². The van der Waals surface area contributed by atoms with Crippen molar-refractivity contribution in [3.05, 3.63) is 99.8 Å². The maximum atomic E-state index is 13.1. The van der Waals surface area contributed by atoms with E-state index >= 15 is 0 Å². The molecule has 3 atom stereocenters. The van der Waals surface area contributed by atoms with Gasteiger partial charge in [-0.3, -0.25) is 9.69 Å². The topological polar surface area (TPSA) is 83.0 Å². The van der Waals surface area contributed by atoms with Crippen molar-refractivity contribution in [1.29, 1.82) is 0 Å². The lowest BCUT2D eigenvalue weighted by molar-refractivity contribution is 0.0598. The van der Waals surface area contributed by atoms with Gasteiger partial charge < -0.3 is 14.4 Å². The average Bonchev–Trinajstić information content (AvgIpc) is 3.35. The van der Waals surface area contributed by atoms with E-state index < -0.39 is 14.4 Å². The Morgan fingerprint density at radius 1 is 1.05 bits per heavy atom. The molecule has 1 aromatic heterocycles. The van der Waals surface area contributed by atoms with E-state index in [9.17, 15) is 14.7 Å². The van der Waals surface area contributed by atoms with Crippen molar-refractivity contribution >= 4 is 36.2 Å². The van der Waals surface area contributed by atoms with Gasteiger partial charge in [0.2, 0.25) is 0 Å². The zero-order chi connectivity index (χ0) is 30.7. The SMILES string of the molecule is CN(Cc1cccc(Br)n1)C(=O)c1ccc(C[C@H]2CC[C@@H](C(O[Si](C)(C)C(C)(C)C)c3ccccc3)N2C(=O)O)cc1. The summed E-state index contributed by atoms with van der Waals surface area (Å²) in [5, 5.41) is 10.4. The number of carboxylic acid groups (broad SMARTS) is 1. The van der Waals surface area contributed by atoms with Crippen molar-refractivity contribution in [3.63, 3.8) is 0 Å². The van der Waals surface area contributed by atoms with Crippen LogP contribution in [0.3, 0.4) is 0 Å². The third-order valence-corrected chi connectivity index (χ3v) is 13.6. The number of hydrogen-bond donors (Lipinski definition) is 1. The molecule has 1 fully saturated rings. The first kappa shape index (κ1) is 31.9. The Hall–Kier alpha value is -3.01. The average molecular weight is 653 g/mol. The molecule has 7 nitrogen and oxygen atoms in total. The predicted octanol–water partition coefficient (Wildman–Crippen LogP) is 7.93. The molecule has 4 rings (SSSR count). The molecule has 0 radical (unpaired) electrons. The van der Waals surface area contributed by atoms with Gasteiger partial charge in [0.15, 0.2) is 8.32 Å². The van der Waals surface area contributed by atoms with E-state index in [1.807, 2.05) is 72.8 Å². The van der Waals surface area contributed by atoms with Gasteiger partial charge >= 0.3 is 6.09 Å². The van der Waals surface area contributed by atoms with E-state index in [0.717, 1.165) is 34.3 Å². The van der Waals surface area contributed by atoms with E-state index in [1.165, 1.54) is 0 Å². The van der Waals surface area contributed by atoms with Gasteiger partial charge in [-0.25, -0.2) is 9.78 Å². The Balaban J connectivity index is 1.50. The molecule has 0 aliphatic carbocycles. The van der Waals surface area contributed by atoms with Crippen molar-refractivity contribution in [2.45, 2.75) is 82.9 Å². The molecule has 1 aliphatic heterocycles. The third kappa shape index (κ3) is 7.49. The first-order valence-electron chi connectivity index (χ1n) is 14.5. The number of hydrogen-bond acceptors (Lipinski definition) is 4. The van der Waals surface area contributed by atoms with Gasteiger partial charge in [0.25, 0.3) is 5.91 Å². The van der Waals surface area contributed by atoms with Gasteiger partial charge in [-0.15, -0.1) is 0 Å². The minimum atomic E-state index is -2.19. The summed E-state index contributed by atoms with van der Waals surface area (Å²) in [5.74, 6) is -0.0927. The molecule has 224 valence electrons. The highest BCUT2D eigenvalue weighted by molar-refractivity contribution is 9.10. The summed E-state index contributed by atoms with van der Waals surface area (Å²) in [6, 6.07) is 22.8. The summed E-state index contributed by atoms with van der Waals surface area (Å²) in [5.41, 5.74) is 3.40. The lowest BCUT2D eigenvalue weighted by atomic mass is 10.0. The Morgan fingerprint density at radius 3 is 2.31 bits per heavy atom. The number of nitrogens with zero attached hydrogens (tertiary/aromatic N) is 3. The highest BCUT2D eigenvalue weighted by Gasteiger charge is 2.46. The number of halogens is 1. The van der Waals surface area contributed by atoms with E-state index in [2.05, 4.69) is 54.8 Å². The zero-order valence-corrected chi connectivity index (χ0v) is 28.0. The van der Waals surface area contributed by atoms with Gasteiger partial charge in [0, 0.05) is 18.7 Å². The number of likely N-dealkylation sites (tertiary alicyclic amines) is 1. The van der Waals surface area contributed by atoms with E-state index in [1.54, 1.807) is 16.8 Å². The lowest BCUT2D eigenvalue weighted by Crippen LogP contribution is -2.49. The molecular formula is C33H42BrN3O4Si. The highest BCUT2D eigenvalue weighted by atomic mass is 79.9. The van der Waals surface area contributed by atoms with Gasteiger partial charge in [0.1, 0.15) is 4.60 Å². The predicted molar refractivity (Wildman–Crippen MR) is 172 cm³/mol. The molecular weight excluding hydrogens is 610 g/mol. The molecule has 0 bridgehead atoms. The molecule has 2 aromatic carbocycles. The molecule has 1 unspecified atom stereocenters. The fourth-order valence-electron chi connectivity index (χ4n) is 5.34. The van der Waals surface area contributed by atoms with Gasteiger partial charge in [-0.05, 0) is 88.7 Å². The van der Waals surface area contributed by atoms with Crippen LogP contribution in [0.15, 0.2) is 77.4 Å². The Labute approximate surface area is 259 Å². The summed E-state index contributed by atoms with van der Waals surface area (Å²) in [4.78, 5) is 33.5. The number of amides is 2. The minimum absolute atomic E-state index is 0.00616.